The highest BCUT2D eigenvalue weighted by Crippen LogP contribution is 2.24. The minimum atomic E-state index is -0.511. The molecule has 0 saturated carbocycles. The molecule has 3 aromatic carbocycles. The van der Waals surface area contributed by atoms with Gasteiger partial charge < -0.3 is 10.1 Å². The Kier molecular flexibility index (Phi) is 7.07. The summed E-state index contributed by atoms with van der Waals surface area (Å²) in [7, 11) is 0. The van der Waals surface area contributed by atoms with Gasteiger partial charge in [-0.1, -0.05) is 75.4 Å². The van der Waals surface area contributed by atoms with E-state index in [1.54, 1.807) is 18.2 Å². The van der Waals surface area contributed by atoms with Crippen molar-refractivity contribution in [2.75, 3.05) is 6.54 Å². The van der Waals surface area contributed by atoms with E-state index in [1.165, 1.54) is 0 Å². The Hall–Kier alpha value is -3.91. The van der Waals surface area contributed by atoms with Gasteiger partial charge in [0.2, 0.25) is 0 Å². The van der Waals surface area contributed by atoms with Gasteiger partial charge in [-0.15, -0.1) is 0 Å². The normalized spacial score (nSPS) is 10.8. The third-order valence-corrected chi connectivity index (χ3v) is 5.12. The first-order chi connectivity index (χ1) is 15.3. The number of carbonyl (C=O) groups is 2. The quantitative estimate of drug-likeness (QED) is 0.563. The Labute approximate surface area is 188 Å². The van der Waals surface area contributed by atoms with Gasteiger partial charge in [-0.05, 0) is 45.9 Å². The summed E-state index contributed by atoms with van der Waals surface area (Å²) < 4.78 is 5.26. The molecular weight excluding hydrogens is 400 g/mol. The lowest BCUT2D eigenvalue weighted by Gasteiger charge is -2.19. The molecule has 0 radical (unpaired) electrons. The summed E-state index contributed by atoms with van der Waals surface area (Å²) in [6.45, 7) is 6.23. The molecule has 0 unspecified atom stereocenters. The second-order valence-corrected chi connectivity index (χ2v) is 8.53. The molecule has 162 valence electrons. The van der Waals surface area contributed by atoms with Gasteiger partial charge in [0.1, 0.15) is 13.2 Å². The van der Waals surface area contributed by atoms with Gasteiger partial charge in [0.05, 0.1) is 11.6 Å². The van der Waals surface area contributed by atoms with Crippen molar-refractivity contribution in [2.45, 2.75) is 32.8 Å². The van der Waals surface area contributed by atoms with Gasteiger partial charge in [-0.25, -0.2) is 0 Å². The molecule has 0 heterocycles. The molecule has 0 aliphatic carbocycles. The van der Waals surface area contributed by atoms with Crippen LogP contribution in [0.5, 0.6) is 0 Å². The summed E-state index contributed by atoms with van der Waals surface area (Å²) in [5.41, 5.74) is 4.85. The Morgan fingerprint density at radius 2 is 1.59 bits per heavy atom. The number of nitrogens with one attached hydrogen (secondary N) is 1. The molecule has 0 bridgehead atoms. The van der Waals surface area contributed by atoms with Crippen LogP contribution in [0.2, 0.25) is 0 Å². The van der Waals surface area contributed by atoms with Crippen molar-refractivity contribution < 1.29 is 14.3 Å². The number of ether oxygens (including phenoxy) is 1. The topological polar surface area (TPSA) is 79.2 Å². The molecule has 0 atom stereocenters. The summed E-state index contributed by atoms with van der Waals surface area (Å²) in [6, 6.07) is 24.4. The van der Waals surface area contributed by atoms with Crippen LogP contribution in [-0.4, -0.2) is 18.4 Å². The summed E-state index contributed by atoms with van der Waals surface area (Å²) in [5.74, 6) is -0.827. The van der Waals surface area contributed by atoms with Gasteiger partial charge in [-0.2, -0.15) is 5.26 Å². The van der Waals surface area contributed by atoms with Crippen molar-refractivity contribution in [3.63, 3.8) is 0 Å². The Bertz CT molecular complexity index is 1140. The maximum absolute atomic E-state index is 12.3. The number of hydrogen-bond donors (Lipinski definition) is 1. The standard InChI is InChI=1S/C27H26N2O3/c1-27(2,3)23-14-12-21(13-15-23)26(31)29-17-25(30)32-18-19-8-10-20(11-9-19)24-7-5-4-6-22(24)16-28/h4-15H,17-18H2,1-3H3,(H,29,31). The van der Waals surface area contributed by atoms with Crippen LogP contribution in [-0.2, 0) is 21.6 Å². The second kappa shape index (κ2) is 9.93. The average molecular weight is 427 g/mol. The summed E-state index contributed by atoms with van der Waals surface area (Å²) >= 11 is 0. The van der Waals surface area contributed by atoms with E-state index < -0.39 is 5.97 Å². The molecule has 32 heavy (non-hydrogen) atoms. The highest BCUT2D eigenvalue weighted by Gasteiger charge is 2.15. The fourth-order valence-electron chi connectivity index (χ4n) is 3.20. The molecule has 3 rings (SSSR count). The Morgan fingerprint density at radius 1 is 0.938 bits per heavy atom. The van der Waals surface area contributed by atoms with Gasteiger partial charge in [0, 0.05) is 5.56 Å². The minimum Gasteiger partial charge on any atom is -0.460 e. The van der Waals surface area contributed by atoms with Crippen molar-refractivity contribution in [1.29, 1.82) is 5.26 Å². The summed E-state index contributed by atoms with van der Waals surface area (Å²) in [6.07, 6.45) is 0. The van der Waals surface area contributed by atoms with Crippen LogP contribution in [0.25, 0.3) is 11.1 Å². The third kappa shape index (κ3) is 5.83. The number of esters is 1. The predicted octanol–water partition coefficient (Wildman–Crippen LogP) is 5.00. The van der Waals surface area contributed by atoms with E-state index in [0.29, 0.717) is 11.1 Å². The lowest BCUT2D eigenvalue weighted by Crippen LogP contribution is -2.30. The summed E-state index contributed by atoms with van der Waals surface area (Å²) in [5, 5.41) is 11.8. The third-order valence-electron chi connectivity index (χ3n) is 5.12. The number of nitriles is 1. The minimum absolute atomic E-state index is 0.0100. The number of rotatable bonds is 6. The maximum atomic E-state index is 12.3. The molecule has 5 heteroatoms. The van der Waals surface area contributed by atoms with Gasteiger partial charge >= 0.3 is 5.97 Å². The van der Waals surface area contributed by atoms with E-state index in [1.807, 2.05) is 54.6 Å². The van der Waals surface area contributed by atoms with Crippen molar-refractivity contribution >= 4 is 11.9 Å². The zero-order valence-corrected chi connectivity index (χ0v) is 18.5. The zero-order valence-electron chi connectivity index (χ0n) is 18.5. The van der Waals surface area contributed by atoms with Crippen LogP contribution >= 0.6 is 0 Å². The molecular formula is C27H26N2O3. The van der Waals surface area contributed by atoms with Gasteiger partial charge in [0.25, 0.3) is 5.91 Å². The van der Waals surface area contributed by atoms with E-state index in [-0.39, 0.29) is 24.5 Å². The number of nitrogens with zero attached hydrogens (tertiary/aromatic N) is 1. The highest BCUT2D eigenvalue weighted by atomic mass is 16.5. The zero-order chi connectivity index (χ0) is 23.1. The fraction of sp³-hybridized carbons (Fsp3) is 0.222. The first kappa shape index (κ1) is 22.8. The molecule has 0 spiro atoms. The maximum Gasteiger partial charge on any atom is 0.325 e. The van der Waals surface area contributed by atoms with Gasteiger partial charge in [-0.3, -0.25) is 9.59 Å². The van der Waals surface area contributed by atoms with Crippen LogP contribution < -0.4 is 5.32 Å². The predicted molar refractivity (Wildman–Crippen MR) is 124 cm³/mol. The average Bonchev–Trinajstić information content (AvgIpc) is 2.81. The van der Waals surface area contributed by atoms with Crippen molar-refractivity contribution in [2.24, 2.45) is 0 Å². The Balaban J connectivity index is 1.50. The highest BCUT2D eigenvalue weighted by molar-refractivity contribution is 5.95. The van der Waals surface area contributed by atoms with E-state index in [0.717, 1.165) is 22.3 Å². The first-order valence-corrected chi connectivity index (χ1v) is 10.4. The van der Waals surface area contributed by atoms with E-state index in [2.05, 4.69) is 32.2 Å². The van der Waals surface area contributed by atoms with E-state index in [9.17, 15) is 14.9 Å². The van der Waals surface area contributed by atoms with E-state index in [4.69, 9.17) is 4.74 Å². The molecule has 0 fully saturated rings. The van der Waals surface area contributed by atoms with Crippen molar-refractivity contribution in [3.8, 4) is 17.2 Å². The number of carbonyl (C=O) groups excluding carboxylic acids is 2. The Morgan fingerprint density at radius 3 is 2.22 bits per heavy atom. The van der Waals surface area contributed by atoms with Crippen LogP contribution in [0.4, 0.5) is 0 Å². The van der Waals surface area contributed by atoms with Crippen LogP contribution in [0, 0.1) is 11.3 Å². The number of benzene rings is 3. The van der Waals surface area contributed by atoms with Gasteiger partial charge in [0.15, 0.2) is 0 Å². The smallest absolute Gasteiger partial charge is 0.325 e. The lowest BCUT2D eigenvalue weighted by molar-refractivity contribution is -0.143. The van der Waals surface area contributed by atoms with Crippen LogP contribution in [0.15, 0.2) is 72.8 Å². The second-order valence-electron chi connectivity index (χ2n) is 8.53. The molecule has 0 aromatic heterocycles. The van der Waals surface area contributed by atoms with E-state index >= 15 is 0 Å². The summed E-state index contributed by atoms with van der Waals surface area (Å²) in [4.78, 5) is 24.3. The molecule has 3 aromatic rings. The molecule has 0 aliphatic heterocycles. The van der Waals surface area contributed by atoms with Crippen LogP contribution in [0.3, 0.4) is 0 Å². The largest absolute Gasteiger partial charge is 0.460 e. The monoisotopic (exact) mass is 426 g/mol. The molecule has 1 amide bonds. The van der Waals surface area contributed by atoms with Crippen LogP contribution in [0.1, 0.15) is 47.8 Å². The van der Waals surface area contributed by atoms with Crippen molar-refractivity contribution in [3.05, 3.63) is 95.1 Å². The number of amides is 1. The lowest BCUT2D eigenvalue weighted by atomic mass is 9.87. The molecule has 1 N–H and O–H groups in total. The SMILES string of the molecule is CC(C)(C)c1ccc(C(=O)NCC(=O)OCc2ccc(-c3ccccc3C#N)cc2)cc1. The number of hydrogen-bond acceptors (Lipinski definition) is 4. The fourth-order valence-corrected chi connectivity index (χ4v) is 3.20. The molecule has 5 nitrogen and oxygen atoms in total. The molecule has 0 aliphatic rings. The first-order valence-electron chi connectivity index (χ1n) is 10.4. The molecule has 0 saturated heterocycles. The van der Waals surface area contributed by atoms with Crippen molar-refractivity contribution in [1.82, 2.24) is 5.32 Å².